The van der Waals surface area contributed by atoms with Gasteiger partial charge in [0.1, 0.15) is 4.83 Å². The fourth-order valence-electron chi connectivity index (χ4n) is 1.30. The molecule has 0 aliphatic rings. The number of benzene rings is 1. The summed E-state index contributed by atoms with van der Waals surface area (Å²) in [6.45, 7) is 0.00532. The van der Waals surface area contributed by atoms with Gasteiger partial charge in [0.2, 0.25) is 0 Å². The summed E-state index contributed by atoms with van der Waals surface area (Å²) in [5.41, 5.74) is 1.17. The zero-order valence-electron chi connectivity index (χ0n) is 9.21. The predicted molar refractivity (Wildman–Crippen MR) is 64.4 cm³/mol. The molecule has 1 rings (SSSR count). The summed E-state index contributed by atoms with van der Waals surface area (Å²) < 4.78 is 41.3. The summed E-state index contributed by atoms with van der Waals surface area (Å²) >= 11 is 2.55. The highest BCUT2D eigenvalue weighted by Gasteiger charge is 2.37. The Balaban J connectivity index is 2.09. The largest absolute Gasteiger partial charge is 0.403 e. The molecule has 1 aromatic rings. The van der Waals surface area contributed by atoms with Gasteiger partial charge >= 0.3 is 6.18 Å². The number of alkyl halides is 4. The molecule has 1 nitrogen and oxygen atoms in total. The van der Waals surface area contributed by atoms with E-state index in [1.807, 2.05) is 30.3 Å². The van der Waals surface area contributed by atoms with E-state index < -0.39 is 11.0 Å². The molecule has 0 amide bonds. The Bertz CT molecular complexity index is 313. The molecule has 5 heteroatoms. The molecule has 1 unspecified atom stereocenters. The smallest absolute Gasteiger partial charge is 0.380 e. The average molecular weight is 311 g/mol. The Labute approximate surface area is 107 Å². The number of hydrogen-bond acceptors (Lipinski definition) is 1. The van der Waals surface area contributed by atoms with Crippen molar-refractivity contribution in [3.05, 3.63) is 35.9 Å². The van der Waals surface area contributed by atoms with Gasteiger partial charge in [-0.2, -0.15) is 13.2 Å². The lowest BCUT2D eigenvalue weighted by Gasteiger charge is -2.13. The van der Waals surface area contributed by atoms with Crippen LogP contribution < -0.4 is 0 Å². The van der Waals surface area contributed by atoms with Crippen molar-refractivity contribution in [3.63, 3.8) is 0 Å². The first-order valence-electron chi connectivity index (χ1n) is 5.32. The van der Waals surface area contributed by atoms with Gasteiger partial charge in [0.15, 0.2) is 0 Å². The van der Waals surface area contributed by atoms with Crippen LogP contribution in [0.3, 0.4) is 0 Å². The van der Waals surface area contributed by atoms with Crippen molar-refractivity contribution in [2.45, 2.75) is 23.8 Å². The number of ether oxygens (including phenoxy) is 1. The van der Waals surface area contributed by atoms with Gasteiger partial charge in [0.05, 0.1) is 6.61 Å². The van der Waals surface area contributed by atoms with E-state index in [1.165, 1.54) is 5.56 Å². The molecular formula is C12H14BrF3O. The molecule has 1 atom stereocenters. The zero-order valence-corrected chi connectivity index (χ0v) is 10.8. The maximum Gasteiger partial charge on any atom is 0.403 e. The first-order valence-corrected chi connectivity index (χ1v) is 6.24. The average Bonchev–Trinajstić information content (AvgIpc) is 2.28. The maximum atomic E-state index is 12.1. The van der Waals surface area contributed by atoms with Crippen molar-refractivity contribution in [3.8, 4) is 0 Å². The summed E-state index contributed by atoms with van der Waals surface area (Å²) in [5, 5.41) is 0. The first-order chi connectivity index (χ1) is 8.00. The number of rotatable bonds is 6. The second kappa shape index (κ2) is 7.01. The van der Waals surface area contributed by atoms with E-state index in [1.54, 1.807) is 0 Å². The Morgan fingerprint density at radius 2 is 1.82 bits per heavy atom. The molecule has 0 fully saturated rings. The lowest BCUT2D eigenvalue weighted by Crippen LogP contribution is -2.27. The maximum absolute atomic E-state index is 12.1. The minimum absolute atomic E-state index is 0.335. The van der Waals surface area contributed by atoms with Crippen molar-refractivity contribution in [1.29, 1.82) is 0 Å². The van der Waals surface area contributed by atoms with Crippen molar-refractivity contribution in [2.24, 2.45) is 0 Å². The van der Waals surface area contributed by atoms with Gasteiger partial charge in [-0.1, -0.05) is 46.3 Å². The molecule has 96 valence electrons. The van der Waals surface area contributed by atoms with Gasteiger partial charge in [-0.25, -0.2) is 0 Å². The molecule has 0 saturated heterocycles. The third-order valence-electron chi connectivity index (χ3n) is 2.22. The second-order valence-electron chi connectivity index (χ2n) is 3.67. The fraction of sp³-hybridized carbons (Fsp3) is 0.500. The lowest BCUT2D eigenvalue weighted by molar-refractivity contribution is -0.137. The van der Waals surface area contributed by atoms with Crippen molar-refractivity contribution in [2.75, 3.05) is 13.2 Å². The van der Waals surface area contributed by atoms with E-state index in [-0.39, 0.29) is 6.61 Å². The van der Waals surface area contributed by atoms with Crippen molar-refractivity contribution in [1.82, 2.24) is 0 Å². The van der Waals surface area contributed by atoms with Crippen LogP contribution in [0.1, 0.15) is 12.0 Å². The third-order valence-corrected chi connectivity index (χ3v) is 3.00. The molecule has 0 N–H and O–H groups in total. The highest BCUT2D eigenvalue weighted by atomic mass is 79.9. The minimum Gasteiger partial charge on any atom is -0.380 e. The molecule has 0 bridgehead atoms. The molecule has 0 aliphatic carbocycles. The van der Waals surface area contributed by atoms with Crippen LogP contribution in [-0.4, -0.2) is 24.2 Å². The van der Waals surface area contributed by atoms with Gasteiger partial charge in [-0.05, 0) is 18.4 Å². The van der Waals surface area contributed by atoms with Crippen LogP contribution in [0.15, 0.2) is 30.3 Å². The molecule has 0 spiro atoms. The summed E-state index contributed by atoms with van der Waals surface area (Å²) in [4.78, 5) is -1.58. The van der Waals surface area contributed by atoms with E-state index in [2.05, 4.69) is 15.9 Å². The second-order valence-corrected chi connectivity index (χ2v) is 4.78. The van der Waals surface area contributed by atoms with Gasteiger partial charge in [0.25, 0.3) is 0 Å². The van der Waals surface area contributed by atoms with Crippen LogP contribution in [0.4, 0.5) is 13.2 Å². The highest BCUT2D eigenvalue weighted by Crippen LogP contribution is 2.26. The third kappa shape index (κ3) is 6.07. The number of hydrogen-bond donors (Lipinski definition) is 0. The Kier molecular flexibility index (Phi) is 5.98. The van der Waals surface area contributed by atoms with Crippen LogP contribution in [0, 0.1) is 0 Å². The molecular weight excluding hydrogens is 297 g/mol. The van der Waals surface area contributed by atoms with Crippen LogP contribution >= 0.6 is 15.9 Å². The normalized spacial score (nSPS) is 13.6. The van der Waals surface area contributed by atoms with Crippen LogP contribution in [0.2, 0.25) is 0 Å². The quantitative estimate of drug-likeness (QED) is 0.571. The molecule has 0 saturated carbocycles. The first kappa shape index (κ1) is 14.5. The summed E-state index contributed by atoms with van der Waals surface area (Å²) in [6.07, 6.45) is -2.69. The lowest BCUT2D eigenvalue weighted by atomic mass is 10.1. The zero-order chi connectivity index (χ0) is 12.7. The molecule has 1 aromatic carbocycles. The summed E-state index contributed by atoms with van der Waals surface area (Å²) in [7, 11) is 0. The molecule has 0 aliphatic heterocycles. The Morgan fingerprint density at radius 3 is 2.41 bits per heavy atom. The van der Waals surface area contributed by atoms with Crippen LogP contribution in [0.5, 0.6) is 0 Å². The van der Waals surface area contributed by atoms with Gasteiger partial charge in [-0.3, -0.25) is 0 Å². The summed E-state index contributed by atoms with van der Waals surface area (Å²) in [6, 6.07) is 9.79. The Hall–Kier alpha value is -0.550. The van der Waals surface area contributed by atoms with Gasteiger partial charge in [0, 0.05) is 6.61 Å². The topological polar surface area (TPSA) is 9.23 Å². The Morgan fingerprint density at radius 1 is 1.18 bits per heavy atom. The monoisotopic (exact) mass is 310 g/mol. The molecule has 0 radical (unpaired) electrons. The van der Waals surface area contributed by atoms with E-state index in [9.17, 15) is 13.2 Å². The van der Waals surface area contributed by atoms with Gasteiger partial charge < -0.3 is 4.74 Å². The van der Waals surface area contributed by atoms with Crippen LogP contribution in [0.25, 0.3) is 0 Å². The molecule has 17 heavy (non-hydrogen) atoms. The van der Waals surface area contributed by atoms with Crippen molar-refractivity contribution < 1.29 is 17.9 Å². The standard InChI is InChI=1S/C12H14BrF3O/c13-11(12(14,15)16)9-17-8-4-7-10-5-2-1-3-6-10/h1-3,5-6,11H,4,7-9H2. The SMILES string of the molecule is FC(F)(F)C(Br)COCCCc1ccccc1. The molecule has 0 aromatic heterocycles. The highest BCUT2D eigenvalue weighted by molar-refractivity contribution is 9.09. The number of halogens is 4. The fourth-order valence-corrected chi connectivity index (χ4v) is 1.49. The van der Waals surface area contributed by atoms with E-state index in [0.717, 1.165) is 12.8 Å². The van der Waals surface area contributed by atoms with E-state index in [0.29, 0.717) is 6.61 Å². The van der Waals surface area contributed by atoms with Gasteiger partial charge in [-0.15, -0.1) is 0 Å². The summed E-state index contributed by atoms with van der Waals surface area (Å²) in [5.74, 6) is 0. The van der Waals surface area contributed by atoms with E-state index in [4.69, 9.17) is 4.74 Å². The molecule has 0 heterocycles. The minimum atomic E-state index is -4.24. The van der Waals surface area contributed by atoms with Crippen LogP contribution in [-0.2, 0) is 11.2 Å². The van der Waals surface area contributed by atoms with E-state index >= 15 is 0 Å². The predicted octanol–water partition coefficient (Wildman–Crippen LogP) is 3.96. The van der Waals surface area contributed by atoms with Crippen molar-refractivity contribution >= 4 is 15.9 Å². The number of aryl methyl sites for hydroxylation is 1.